The van der Waals surface area contributed by atoms with E-state index in [1.54, 1.807) is 19.3 Å². The summed E-state index contributed by atoms with van der Waals surface area (Å²) in [5, 5.41) is 7.23. The molecule has 168 valence electrons. The number of nitrogens with two attached hydrogens (primary N) is 1. The molecule has 2 aliphatic rings. The summed E-state index contributed by atoms with van der Waals surface area (Å²) >= 11 is 0. The number of nitrogens with zero attached hydrogens (tertiary/aromatic N) is 3. The fraction of sp³-hybridized carbons (Fsp3) is 0.333. The molecule has 0 bridgehead atoms. The number of fused-ring (bicyclic) bond motifs is 2. The molecular formula is C24H28N5O2S-. The molecule has 8 heteroatoms. The quantitative estimate of drug-likeness (QED) is 0.581. The van der Waals surface area contributed by atoms with Gasteiger partial charge in [-0.05, 0) is 72.4 Å². The van der Waals surface area contributed by atoms with Crippen LogP contribution in [0.25, 0.3) is 0 Å². The third kappa shape index (κ3) is 5.08. The molecule has 1 heterocycles. The summed E-state index contributed by atoms with van der Waals surface area (Å²) in [5.41, 5.74) is 12.6. The van der Waals surface area contributed by atoms with Gasteiger partial charge < -0.3 is 19.6 Å². The monoisotopic (exact) mass is 450 g/mol. The standard InChI is InChI=1S/C17H19N4O2S.C7H9N/c1-21-9-8-15(19-21)24(23)20-17(22)18-16-13-6-2-4-11(13)10-12-5-3-7-14(12)16;8-6-7-4-2-1-3-5-7/h8-10H,2-7H2,1H3,(H,18,22);1-5H,6,8H2/q-1;. The van der Waals surface area contributed by atoms with Gasteiger partial charge in [-0.1, -0.05) is 36.4 Å². The van der Waals surface area contributed by atoms with Crippen LogP contribution in [-0.2, 0) is 54.1 Å². The van der Waals surface area contributed by atoms with E-state index < -0.39 is 16.6 Å². The van der Waals surface area contributed by atoms with Gasteiger partial charge in [-0.15, -0.1) is 10.6 Å². The number of amides is 2. The number of rotatable bonds is 3. The van der Waals surface area contributed by atoms with Crippen molar-refractivity contribution in [2.24, 2.45) is 17.1 Å². The summed E-state index contributed by atoms with van der Waals surface area (Å²) in [6.45, 7) is 0.640. The zero-order valence-electron chi connectivity index (χ0n) is 18.2. The second kappa shape index (κ2) is 10.1. The molecule has 32 heavy (non-hydrogen) atoms. The van der Waals surface area contributed by atoms with Gasteiger partial charge in [-0.2, -0.15) is 5.10 Å². The molecule has 2 aromatic carbocycles. The van der Waals surface area contributed by atoms with Crippen LogP contribution in [0.15, 0.2) is 58.1 Å². The molecule has 0 saturated heterocycles. The molecule has 0 saturated carbocycles. The molecule has 0 radical (unpaired) electrons. The van der Waals surface area contributed by atoms with Crippen molar-refractivity contribution in [3.63, 3.8) is 0 Å². The first-order valence-corrected chi connectivity index (χ1v) is 12.0. The summed E-state index contributed by atoms with van der Waals surface area (Å²) in [7, 11) is -0.0484. The van der Waals surface area contributed by atoms with Crippen LogP contribution in [0.3, 0.4) is 0 Å². The summed E-state index contributed by atoms with van der Waals surface area (Å²) in [6.07, 6.45) is 8.04. The first-order valence-electron chi connectivity index (χ1n) is 10.9. The zero-order valence-corrected chi connectivity index (χ0v) is 19.0. The van der Waals surface area contributed by atoms with Gasteiger partial charge in [0.2, 0.25) is 0 Å². The van der Waals surface area contributed by atoms with Crippen LogP contribution in [0, 0.1) is 0 Å². The number of carbonyl (C=O) groups excluding carboxylic acids is 1. The van der Waals surface area contributed by atoms with Crippen molar-refractivity contribution < 1.29 is 9.00 Å². The van der Waals surface area contributed by atoms with Crippen molar-refractivity contribution in [2.75, 3.05) is 5.32 Å². The minimum Gasteiger partial charge on any atom is -0.438 e. The van der Waals surface area contributed by atoms with Crippen molar-refractivity contribution in [3.8, 4) is 0 Å². The lowest BCUT2D eigenvalue weighted by Gasteiger charge is -2.15. The van der Waals surface area contributed by atoms with E-state index in [-0.39, 0.29) is 5.03 Å². The lowest BCUT2D eigenvalue weighted by Crippen LogP contribution is -2.11. The van der Waals surface area contributed by atoms with Crippen LogP contribution in [0.2, 0.25) is 0 Å². The van der Waals surface area contributed by atoms with E-state index in [4.69, 9.17) is 5.73 Å². The number of anilines is 1. The molecule has 0 spiro atoms. The van der Waals surface area contributed by atoms with Gasteiger partial charge in [0.05, 0.1) is 0 Å². The third-order valence-corrected chi connectivity index (χ3v) is 6.72. The minimum absolute atomic E-state index is 0.288. The van der Waals surface area contributed by atoms with E-state index in [0.717, 1.165) is 44.2 Å². The van der Waals surface area contributed by atoms with Gasteiger partial charge >= 0.3 is 6.03 Å². The fourth-order valence-corrected chi connectivity index (χ4v) is 4.99. The van der Waals surface area contributed by atoms with Crippen molar-refractivity contribution in [2.45, 2.75) is 50.1 Å². The Balaban J connectivity index is 0.000000260. The van der Waals surface area contributed by atoms with Gasteiger partial charge in [0.15, 0.2) is 0 Å². The van der Waals surface area contributed by atoms with E-state index in [1.165, 1.54) is 32.5 Å². The molecule has 3 N–H and O–H groups in total. The van der Waals surface area contributed by atoms with Crippen LogP contribution in [-0.4, -0.2) is 15.8 Å². The Morgan fingerprint density at radius 2 is 1.75 bits per heavy atom. The van der Waals surface area contributed by atoms with Crippen LogP contribution in [0.1, 0.15) is 40.7 Å². The molecule has 1 aromatic heterocycles. The van der Waals surface area contributed by atoms with E-state index in [9.17, 15) is 9.00 Å². The first kappa shape index (κ1) is 22.2. The van der Waals surface area contributed by atoms with Gasteiger partial charge in [-0.3, -0.25) is 4.68 Å². The van der Waals surface area contributed by atoms with E-state index >= 15 is 0 Å². The summed E-state index contributed by atoms with van der Waals surface area (Å²) < 4.78 is 17.4. The van der Waals surface area contributed by atoms with Crippen molar-refractivity contribution in [3.05, 3.63) is 76.5 Å². The Morgan fingerprint density at radius 3 is 2.28 bits per heavy atom. The molecule has 2 aliphatic carbocycles. The maximum atomic E-state index is 12.3. The average Bonchev–Trinajstić information content (AvgIpc) is 3.55. The number of hydrogen-bond acceptors (Lipinski definition) is 5. The molecule has 2 amide bonds. The highest BCUT2D eigenvalue weighted by atomic mass is 32.2. The molecule has 0 aliphatic heterocycles. The predicted molar refractivity (Wildman–Crippen MR) is 126 cm³/mol. The van der Waals surface area contributed by atoms with Crippen LogP contribution < -0.4 is 11.1 Å². The average molecular weight is 451 g/mol. The maximum Gasteiger partial charge on any atom is 0.322 e. The lowest BCUT2D eigenvalue weighted by molar-refractivity contribution is 0.260. The second-order valence-electron chi connectivity index (χ2n) is 8.02. The second-order valence-corrected chi connectivity index (χ2v) is 9.12. The van der Waals surface area contributed by atoms with Gasteiger partial charge in [-0.25, -0.2) is 4.79 Å². The number of aromatic nitrogens is 2. The first-order chi connectivity index (χ1) is 15.5. The number of aryl methyl sites for hydroxylation is 3. The summed E-state index contributed by atoms with van der Waals surface area (Å²) in [5.74, 6) is 0. The largest absolute Gasteiger partial charge is 0.438 e. The smallest absolute Gasteiger partial charge is 0.322 e. The van der Waals surface area contributed by atoms with E-state index in [2.05, 4.69) is 20.8 Å². The molecule has 0 fully saturated rings. The summed E-state index contributed by atoms with van der Waals surface area (Å²) in [6, 6.07) is 13.3. The molecule has 0 unspecified atom stereocenters. The Kier molecular flexibility index (Phi) is 7.02. The molecular weight excluding hydrogens is 422 g/mol. The predicted octanol–water partition coefficient (Wildman–Crippen LogP) is 4.28. The fourth-order valence-electron chi connectivity index (χ4n) is 4.32. The molecule has 5 rings (SSSR count). The van der Waals surface area contributed by atoms with Gasteiger partial charge in [0.1, 0.15) is 0 Å². The van der Waals surface area contributed by atoms with Crippen molar-refractivity contribution >= 4 is 22.3 Å². The minimum atomic E-state index is -1.78. The Bertz CT molecular complexity index is 1160. The van der Waals surface area contributed by atoms with Crippen LogP contribution >= 0.6 is 0 Å². The summed E-state index contributed by atoms with van der Waals surface area (Å²) in [4.78, 5) is 12.3. The van der Waals surface area contributed by atoms with E-state index in [0.29, 0.717) is 6.54 Å². The normalized spacial score (nSPS) is 14.9. The van der Waals surface area contributed by atoms with Crippen molar-refractivity contribution in [1.82, 2.24) is 9.78 Å². The molecule has 0 atom stereocenters. The van der Waals surface area contributed by atoms with Crippen molar-refractivity contribution in [1.29, 1.82) is 0 Å². The Labute approximate surface area is 190 Å². The number of benzene rings is 2. The number of nitrogens with one attached hydrogen (secondary N) is 1. The van der Waals surface area contributed by atoms with Crippen LogP contribution in [0.5, 0.6) is 0 Å². The third-order valence-electron chi connectivity index (χ3n) is 5.82. The Hall–Kier alpha value is -2.97. The Morgan fingerprint density at radius 1 is 1.09 bits per heavy atom. The van der Waals surface area contributed by atoms with Gasteiger partial charge in [0.25, 0.3) is 0 Å². The zero-order chi connectivity index (χ0) is 22.5. The highest BCUT2D eigenvalue weighted by Crippen LogP contribution is 2.38. The number of carbonyl (C=O) groups is 1. The lowest BCUT2D eigenvalue weighted by atomic mass is 9.99. The molecule has 3 aromatic rings. The SMILES string of the molecule is Cn1ccc([S-](=O)=NC(=O)Nc2c3c(cc4c2CCC4)CCC3)n1.NCc1ccccc1. The number of hydrogen-bond donors (Lipinski definition) is 2. The topological polar surface area (TPSA) is 102 Å². The van der Waals surface area contributed by atoms with E-state index in [1.807, 2.05) is 30.3 Å². The number of urea groups is 1. The highest BCUT2D eigenvalue weighted by molar-refractivity contribution is 7.75. The molecule has 7 nitrogen and oxygen atoms in total. The van der Waals surface area contributed by atoms with Crippen LogP contribution in [0.4, 0.5) is 10.5 Å². The van der Waals surface area contributed by atoms with Gasteiger partial charge in [0, 0.05) is 30.5 Å². The highest BCUT2D eigenvalue weighted by Gasteiger charge is 2.24. The maximum absolute atomic E-state index is 12.3.